The Labute approximate surface area is 164 Å². The van der Waals surface area contributed by atoms with Crippen molar-refractivity contribution in [1.82, 2.24) is 4.90 Å². The molecule has 6 nitrogen and oxygen atoms in total. The van der Waals surface area contributed by atoms with E-state index in [4.69, 9.17) is 4.74 Å². The molecule has 0 aromatic heterocycles. The van der Waals surface area contributed by atoms with E-state index in [1.165, 1.54) is 0 Å². The van der Waals surface area contributed by atoms with Gasteiger partial charge in [-0.15, -0.1) is 0 Å². The number of ether oxygens (including phenoxy) is 1. The van der Waals surface area contributed by atoms with E-state index >= 15 is 0 Å². The van der Waals surface area contributed by atoms with E-state index in [9.17, 15) is 19.8 Å². The third-order valence-electron chi connectivity index (χ3n) is 5.52. The van der Waals surface area contributed by atoms with Crippen LogP contribution in [0, 0.1) is 12.3 Å². The summed E-state index contributed by atoms with van der Waals surface area (Å²) >= 11 is 0. The maximum atomic E-state index is 13.1. The van der Waals surface area contributed by atoms with E-state index in [-0.39, 0.29) is 25.3 Å². The standard InChI is InChI=1S/C22H25NO5/c1-15-12-17(28-2)8-9-18(15)20(25)23-11-10-19(24)22(14-23,21(26)27)13-16-6-4-3-5-7-16/h3-9,12,19,24H,10-11,13-14H2,1-2H3,(H,26,27)/t19-,22+/m0/s1. The quantitative estimate of drug-likeness (QED) is 0.829. The van der Waals surface area contributed by atoms with Crippen LogP contribution in [0.15, 0.2) is 48.5 Å². The zero-order chi connectivity index (χ0) is 20.3. The van der Waals surface area contributed by atoms with Crippen LogP contribution in [0.3, 0.4) is 0 Å². The van der Waals surface area contributed by atoms with E-state index < -0.39 is 17.5 Å². The van der Waals surface area contributed by atoms with Gasteiger partial charge in [0.1, 0.15) is 11.2 Å². The number of carbonyl (C=O) groups excluding carboxylic acids is 1. The summed E-state index contributed by atoms with van der Waals surface area (Å²) in [6, 6.07) is 14.4. The molecule has 1 saturated heterocycles. The second kappa shape index (κ2) is 8.02. The monoisotopic (exact) mass is 383 g/mol. The summed E-state index contributed by atoms with van der Waals surface area (Å²) in [5.74, 6) is -0.661. The molecular formula is C22H25NO5. The fourth-order valence-electron chi connectivity index (χ4n) is 3.85. The second-order valence-electron chi connectivity index (χ2n) is 7.34. The highest BCUT2D eigenvalue weighted by Crippen LogP contribution is 2.35. The zero-order valence-corrected chi connectivity index (χ0v) is 16.1. The van der Waals surface area contributed by atoms with E-state index in [1.807, 2.05) is 37.3 Å². The van der Waals surface area contributed by atoms with Gasteiger partial charge in [-0.1, -0.05) is 30.3 Å². The minimum atomic E-state index is -1.43. The lowest BCUT2D eigenvalue weighted by Gasteiger charge is -2.43. The summed E-state index contributed by atoms with van der Waals surface area (Å²) in [5.41, 5.74) is 0.657. The smallest absolute Gasteiger partial charge is 0.314 e. The van der Waals surface area contributed by atoms with Gasteiger partial charge < -0.3 is 19.8 Å². The average Bonchev–Trinajstić information content (AvgIpc) is 2.69. The number of hydrogen-bond acceptors (Lipinski definition) is 4. The van der Waals surface area contributed by atoms with Crippen molar-refractivity contribution in [3.8, 4) is 5.75 Å². The van der Waals surface area contributed by atoms with Gasteiger partial charge in [0, 0.05) is 18.7 Å². The Kier molecular flexibility index (Phi) is 5.70. The number of aliphatic hydroxyl groups excluding tert-OH is 1. The normalized spacial score (nSPS) is 22.0. The molecule has 2 aromatic rings. The molecule has 1 heterocycles. The number of carboxylic acids is 1. The molecule has 6 heteroatoms. The Morgan fingerprint density at radius 3 is 2.54 bits per heavy atom. The summed E-state index contributed by atoms with van der Waals surface area (Å²) in [7, 11) is 1.56. The molecule has 0 radical (unpaired) electrons. The maximum absolute atomic E-state index is 13.1. The van der Waals surface area contributed by atoms with Gasteiger partial charge in [0.15, 0.2) is 0 Å². The molecule has 1 aliphatic heterocycles. The number of amides is 1. The summed E-state index contributed by atoms with van der Waals surface area (Å²) in [6.07, 6.45) is -0.637. The Morgan fingerprint density at radius 1 is 1.21 bits per heavy atom. The molecular weight excluding hydrogens is 358 g/mol. The first-order valence-corrected chi connectivity index (χ1v) is 9.26. The fraction of sp³-hybridized carbons (Fsp3) is 0.364. The molecule has 3 rings (SSSR count). The van der Waals surface area contributed by atoms with Gasteiger partial charge >= 0.3 is 5.97 Å². The highest BCUT2D eigenvalue weighted by molar-refractivity contribution is 5.96. The number of carboxylic acid groups (broad SMARTS) is 1. The fourth-order valence-corrected chi connectivity index (χ4v) is 3.85. The first kappa shape index (κ1) is 19.9. The molecule has 2 aromatic carbocycles. The van der Waals surface area contributed by atoms with Crippen LogP contribution in [0.5, 0.6) is 5.75 Å². The van der Waals surface area contributed by atoms with Crippen molar-refractivity contribution >= 4 is 11.9 Å². The van der Waals surface area contributed by atoms with Crippen LogP contribution >= 0.6 is 0 Å². The number of piperidine rings is 1. The Hall–Kier alpha value is -2.86. The first-order chi connectivity index (χ1) is 13.4. The SMILES string of the molecule is COc1ccc(C(=O)N2CC[C@H](O)[C@](Cc3ccccc3)(C(=O)O)C2)c(C)c1. The van der Waals surface area contributed by atoms with Crippen molar-refractivity contribution in [3.05, 3.63) is 65.2 Å². The molecule has 28 heavy (non-hydrogen) atoms. The molecule has 0 aliphatic carbocycles. The van der Waals surface area contributed by atoms with Crippen LogP contribution < -0.4 is 4.74 Å². The minimum Gasteiger partial charge on any atom is -0.497 e. The van der Waals surface area contributed by atoms with Gasteiger partial charge in [0.05, 0.1) is 13.2 Å². The summed E-state index contributed by atoms with van der Waals surface area (Å²) in [5, 5.41) is 20.6. The maximum Gasteiger partial charge on any atom is 0.314 e. The van der Waals surface area contributed by atoms with Crippen LogP contribution in [0.1, 0.15) is 27.9 Å². The van der Waals surface area contributed by atoms with Crippen molar-refractivity contribution in [2.75, 3.05) is 20.2 Å². The Balaban J connectivity index is 1.90. The number of aliphatic hydroxyl groups is 1. The highest BCUT2D eigenvalue weighted by Gasteiger charge is 2.50. The third kappa shape index (κ3) is 3.73. The van der Waals surface area contributed by atoms with Crippen molar-refractivity contribution in [1.29, 1.82) is 0 Å². The largest absolute Gasteiger partial charge is 0.497 e. The topological polar surface area (TPSA) is 87.1 Å². The number of likely N-dealkylation sites (tertiary alicyclic amines) is 1. The van der Waals surface area contributed by atoms with Gasteiger partial charge in [-0.25, -0.2) is 0 Å². The molecule has 1 aliphatic rings. The van der Waals surface area contributed by atoms with Gasteiger partial charge in [-0.3, -0.25) is 9.59 Å². The molecule has 1 amide bonds. The second-order valence-corrected chi connectivity index (χ2v) is 7.34. The molecule has 0 saturated carbocycles. The molecule has 2 N–H and O–H groups in total. The number of benzene rings is 2. The minimum absolute atomic E-state index is 0.0390. The van der Waals surface area contributed by atoms with Crippen molar-refractivity contribution in [2.24, 2.45) is 5.41 Å². The lowest BCUT2D eigenvalue weighted by Crippen LogP contribution is -2.58. The van der Waals surface area contributed by atoms with Crippen molar-refractivity contribution in [2.45, 2.75) is 25.9 Å². The van der Waals surface area contributed by atoms with Crippen LogP contribution in [0.4, 0.5) is 0 Å². The highest BCUT2D eigenvalue weighted by atomic mass is 16.5. The van der Waals surface area contributed by atoms with Gasteiger partial charge in [0.2, 0.25) is 0 Å². The first-order valence-electron chi connectivity index (χ1n) is 9.26. The molecule has 2 atom stereocenters. The lowest BCUT2D eigenvalue weighted by molar-refractivity contribution is -0.161. The predicted octanol–water partition coefficient (Wildman–Crippen LogP) is 2.52. The summed E-state index contributed by atoms with van der Waals surface area (Å²) in [4.78, 5) is 26.9. The lowest BCUT2D eigenvalue weighted by atomic mass is 9.72. The summed E-state index contributed by atoms with van der Waals surface area (Å²) < 4.78 is 5.18. The molecule has 0 bridgehead atoms. The molecule has 0 spiro atoms. The number of rotatable bonds is 5. The number of methoxy groups -OCH3 is 1. The predicted molar refractivity (Wildman–Crippen MR) is 104 cm³/mol. The number of carbonyl (C=O) groups is 2. The van der Waals surface area contributed by atoms with E-state index in [0.29, 0.717) is 17.9 Å². The third-order valence-corrected chi connectivity index (χ3v) is 5.52. The number of hydrogen-bond donors (Lipinski definition) is 2. The van der Waals surface area contributed by atoms with E-state index in [2.05, 4.69) is 0 Å². The van der Waals surface area contributed by atoms with E-state index in [1.54, 1.807) is 30.2 Å². The van der Waals surface area contributed by atoms with Crippen molar-refractivity contribution < 1.29 is 24.5 Å². The number of aliphatic carboxylic acids is 1. The van der Waals surface area contributed by atoms with Crippen LogP contribution in [0.25, 0.3) is 0 Å². The van der Waals surface area contributed by atoms with Gasteiger partial charge in [-0.2, -0.15) is 0 Å². The van der Waals surface area contributed by atoms with Crippen LogP contribution in [-0.4, -0.2) is 53.3 Å². The summed E-state index contributed by atoms with van der Waals surface area (Å²) in [6.45, 7) is 2.10. The molecule has 0 unspecified atom stereocenters. The van der Waals surface area contributed by atoms with Crippen LogP contribution in [-0.2, 0) is 11.2 Å². The average molecular weight is 383 g/mol. The van der Waals surface area contributed by atoms with Gasteiger partial charge in [-0.05, 0) is 49.1 Å². The number of aryl methyl sites for hydroxylation is 1. The van der Waals surface area contributed by atoms with Crippen LogP contribution in [0.2, 0.25) is 0 Å². The molecule has 148 valence electrons. The van der Waals surface area contributed by atoms with Crippen molar-refractivity contribution in [3.63, 3.8) is 0 Å². The zero-order valence-electron chi connectivity index (χ0n) is 16.1. The Bertz CT molecular complexity index is 866. The van der Waals surface area contributed by atoms with Gasteiger partial charge in [0.25, 0.3) is 5.91 Å². The number of nitrogens with zero attached hydrogens (tertiary/aromatic N) is 1. The molecule has 1 fully saturated rings. The van der Waals surface area contributed by atoms with E-state index in [0.717, 1.165) is 11.1 Å². The Morgan fingerprint density at radius 2 is 1.93 bits per heavy atom.